The van der Waals surface area contributed by atoms with E-state index in [2.05, 4.69) is 4.72 Å². The standard InChI is InChI=1S/C22H24N2O4S/c1-16-7-8-20-17(15-28-21(20)13-16)14-22(25)24-11-9-18(10-12-24)23-29(26,27)19-5-3-2-4-6-19/h2-8,13,15,18,23H,9-12,14H2,1H3. The molecule has 1 amide bonds. The SMILES string of the molecule is Cc1ccc2c(CC(=O)N3CCC(NS(=O)(=O)c4ccccc4)CC3)coc2c1. The number of amides is 1. The number of likely N-dealkylation sites (tertiary alicyclic amines) is 1. The minimum absolute atomic E-state index is 0.0395. The van der Waals surface area contributed by atoms with E-state index in [4.69, 9.17) is 4.42 Å². The number of nitrogens with zero attached hydrogens (tertiary/aromatic N) is 1. The van der Waals surface area contributed by atoms with Crippen LogP contribution in [0.5, 0.6) is 0 Å². The number of carbonyl (C=O) groups excluding carboxylic acids is 1. The number of rotatable bonds is 5. The Morgan fingerprint density at radius 2 is 1.86 bits per heavy atom. The van der Waals surface area contributed by atoms with E-state index in [1.54, 1.807) is 41.5 Å². The van der Waals surface area contributed by atoms with Crippen molar-refractivity contribution in [3.8, 4) is 0 Å². The molecule has 7 heteroatoms. The molecule has 6 nitrogen and oxygen atoms in total. The summed E-state index contributed by atoms with van der Waals surface area (Å²) < 4.78 is 33.3. The maximum Gasteiger partial charge on any atom is 0.240 e. The molecule has 1 aliphatic heterocycles. The third-order valence-electron chi connectivity index (χ3n) is 5.38. The number of hydrogen-bond donors (Lipinski definition) is 1. The van der Waals surface area contributed by atoms with Crippen LogP contribution in [0.1, 0.15) is 24.0 Å². The third-order valence-corrected chi connectivity index (χ3v) is 6.91. The Morgan fingerprint density at radius 1 is 1.14 bits per heavy atom. The predicted octanol–water partition coefficient (Wildman–Crippen LogP) is 3.25. The molecule has 2 aromatic carbocycles. The molecule has 1 saturated heterocycles. The molecular formula is C22H24N2O4S. The summed E-state index contributed by atoms with van der Waals surface area (Å²) in [6.07, 6.45) is 3.14. The highest BCUT2D eigenvalue weighted by Gasteiger charge is 2.27. The number of benzene rings is 2. The smallest absolute Gasteiger partial charge is 0.240 e. The minimum atomic E-state index is -3.53. The van der Waals surface area contributed by atoms with Crippen LogP contribution in [-0.4, -0.2) is 38.4 Å². The Morgan fingerprint density at radius 3 is 2.59 bits per heavy atom. The van der Waals surface area contributed by atoms with Crippen LogP contribution in [0.3, 0.4) is 0 Å². The van der Waals surface area contributed by atoms with Crippen LogP contribution in [0, 0.1) is 6.92 Å². The summed E-state index contributed by atoms with van der Waals surface area (Å²) in [4.78, 5) is 14.8. The van der Waals surface area contributed by atoms with Crippen LogP contribution in [-0.2, 0) is 21.2 Å². The highest BCUT2D eigenvalue weighted by molar-refractivity contribution is 7.89. The number of nitrogens with one attached hydrogen (secondary N) is 1. The summed E-state index contributed by atoms with van der Waals surface area (Å²) in [6, 6.07) is 14.2. The van der Waals surface area contributed by atoms with Crippen molar-refractivity contribution >= 4 is 26.9 Å². The molecule has 3 aromatic rings. The van der Waals surface area contributed by atoms with Crippen molar-refractivity contribution in [2.75, 3.05) is 13.1 Å². The number of piperidine rings is 1. The van der Waals surface area contributed by atoms with Gasteiger partial charge in [-0.15, -0.1) is 0 Å². The minimum Gasteiger partial charge on any atom is -0.464 e. The van der Waals surface area contributed by atoms with E-state index < -0.39 is 10.0 Å². The Labute approximate surface area is 170 Å². The monoisotopic (exact) mass is 412 g/mol. The molecule has 4 rings (SSSR count). The van der Waals surface area contributed by atoms with Crippen LogP contribution in [0.2, 0.25) is 0 Å². The molecule has 0 bridgehead atoms. The van der Waals surface area contributed by atoms with E-state index in [0.717, 1.165) is 22.1 Å². The third kappa shape index (κ3) is 4.36. The Bertz CT molecular complexity index is 1110. The van der Waals surface area contributed by atoms with Gasteiger partial charge in [0.2, 0.25) is 15.9 Å². The fraction of sp³-hybridized carbons (Fsp3) is 0.318. The average molecular weight is 413 g/mol. The summed E-state index contributed by atoms with van der Waals surface area (Å²) in [5, 5.41) is 0.967. The lowest BCUT2D eigenvalue weighted by atomic mass is 10.0. The van der Waals surface area contributed by atoms with Gasteiger partial charge in [-0.25, -0.2) is 13.1 Å². The van der Waals surface area contributed by atoms with E-state index in [0.29, 0.717) is 25.9 Å². The fourth-order valence-electron chi connectivity index (χ4n) is 3.74. The molecule has 0 spiro atoms. The molecule has 1 aromatic heterocycles. The van der Waals surface area contributed by atoms with E-state index in [1.165, 1.54) is 0 Å². The van der Waals surface area contributed by atoms with E-state index >= 15 is 0 Å². The number of hydrogen-bond acceptors (Lipinski definition) is 4. The first-order valence-electron chi connectivity index (χ1n) is 9.74. The molecule has 1 N–H and O–H groups in total. The molecule has 0 saturated carbocycles. The molecular weight excluding hydrogens is 388 g/mol. The summed E-state index contributed by atoms with van der Waals surface area (Å²) in [7, 11) is -3.53. The van der Waals surface area contributed by atoms with Gasteiger partial charge in [0.05, 0.1) is 17.6 Å². The van der Waals surface area contributed by atoms with Crippen molar-refractivity contribution in [3.63, 3.8) is 0 Å². The quantitative estimate of drug-likeness (QED) is 0.698. The summed E-state index contributed by atoms with van der Waals surface area (Å²) in [5.74, 6) is 0.0395. The van der Waals surface area contributed by atoms with Crippen LogP contribution in [0.4, 0.5) is 0 Å². The van der Waals surface area contributed by atoms with Crippen LogP contribution in [0.15, 0.2) is 64.1 Å². The summed E-state index contributed by atoms with van der Waals surface area (Å²) in [6.45, 7) is 3.08. The zero-order valence-corrected chi connectivity index (χ0v) is 17.1. The van der Waals surface area contributed by atoms with Crippen molar-refractivity contribution in [2.24, 2.45) is 0 Å². The molecule has 0 atom stereocenters. The van der Waals surface area contributed by atoms with Gasteiger partial charge in [0.15, 0.2) is 0 Å². The number of sulfonamides is 1. The second-order valence-electron chi connectivity index (χ2n) is 7.53. The van der Waals surface area contributed by atoms with Gasteiger partial charge in [-0.2, -0.15) is 0 Å². The molecule has 0 aliphatic carbocycles. The maximum absolute atomic E-state index is 12.7. The second-order valence-corrected chi connectivity index (χ2v) is 9.24. The van der Waals surface area contributed by atoms with Crippen LogP contribution in [0.25, 0.3) is 11.0 Å². The van der Waals surface area contributed by atoms with Gasteiger partial charge in [-0.1, -0.05) is 30.3 Å². The molecule has 2 heterocycles. The molecule has 1 fully saturated rings. The van der Waals surface area contributed by atoms with Gasteiger partial charge in [-0.05, 0) is 43.5 Å². The first-order chi connectivity index (χ1) is 13.9. The van der Waals surface area contributed by atoms with Gasteiger partial charge in [-0.3, -0.25) is 4.79 Å². The molecule has 0 radical (unpaired) electrons. The van der Waals surface area contributed by atoms with E-state index in [9.17, 15) is 13.2 Å². The topological polar surface area (TPSA) is 79.6 Å². The van der Waals surface area contributed by atoms with Gasteiger partial charge in [0.1, 0.15) is 5.58 Å². The number of fused-ring (bicyclic) bond motifs is 1. The Hall–Kier alpha value is -2.64. The zero-order valence-electron chi connectivity index (χ0n) is 16.3. The molecule has 1 aliphatic rings. The van der Waals surface area contributed by atoms with E-state index in [-0.39, 0.29) is 23.3 Å². The largest absolute Gasteiger partial charge is 0.464 e. The number of carbonyl (C=O) groups is 1. The Kier molecular flexibility index (Phi) is 5.43. The number of furan rings is 1. The fourth-order valence-corrected chi connectivity index (χ4v) is 5.06. The zero-order chi connectivity index (χ0) is 20.4. The van der Waals surface area contributed by atoms with E-state index in [1.807, 2.05) is 25.1 Å². The van der Waals surface area contributed by atoms with Gasteiger partial charge >= 0.3 is 0 Å². The second kappa shape index (κ2) is 8.00. The maximum atomic E-state index is 12.7. The lowest BCUT2D eigenvalue weighted by molar-refractivity contribution is -0.131. The number of aryl methyl sites for hydroxylation is 1. The van der Waals surface area contributed by atoms with Gasteiger partial charge in [0.25, 0.3) is 0 Å². The molecule has 29 heavy (non-hydrogen) atoms. The Balaban J connectivity index is 1.35. The first kappa shape index (κ1) is 19.7. The lowest BCUT2D eigenvalue weighted by Crippen LogP contribution is -2.46. The summed E-state index contributed by atoms with van der Waals surface area (Å²) >= 11 is 0. The van der Waals surface area contributed by atoms with Crippen molar-refractivity contribution in [1.29, 1.82) is 0 Å². The van der Waals surface area contributed by atoms with Crippen LogP contribution < -0.4 is 4.72 Å². The van der Waals surface area contributed by atoms with Crippen molar-refractivity contribution in [2.45, 2.75) is 37.1 Å². The summed E-state index contributed by atoms with van der Waals surface area (Å²) in [5.41, 5.74) is 2.79. The van der Waals surface area contributed by atoms with Crippen LogP contribution >= 0.6 is 0 Å². The lowest BCUT2D eigenvalue weighted by Gasteiger charge is -2.32. The highest BCUT2D eigenvalue weighted by Crippen LogP contribution is 2.24. The van der Waals surface area contributed by atoms with Crippen molar-refractivity contribution in [3.05, 3.63) is 65.9 Å². The highest BCUT2D eigenvalue weighted by atomic mass is 32.2. The van der Waals surface area contributed by atoms with Crippen molar-refractivity contribution in [1.82, 2.24) is 9.62 Å². The molecule has 152 valence electrons. The normalized spacial score (nSPS) is 15.7. The van der Waals surface area contributed by atoms with Crippen molar-refractivity contribution < 1.29 is 17.6 Å². The van der Waals surface area contributed by atoms with Gasteiger partial charge < -0.3 is 9.32 Å². The predicted molar refractivity (Wildman–Crippen MR) is 111 cm³/mol. The molecule has 0 unspecified atom stereocenters. The van der Waals surface area contributed by atoms with Gasteiger partial charge in [0, 0.05) is 30.1 Å². The average Bonchev–Trinajstić information content (AvgIpc) is 3.10. The first-order valence-corrected chi connectivity index (χ1v) is 11.2.